The van der Waals surface area contributed by atoms with Gasteiger partial charge in [0.1, 0.15) is 0 Å². The van der Waals surface area contributed by atoms with Crippen LogP contribution in [0.1, 0.15) is 43.7 Å². The summed E-state index contributed by atoms with van der Waals surface area (Å²) in [6.45, 7) is 3.69. The molecule has 98 valence electrons. The molecule has 2 heterocycles. The van der Waals surface area contributed by atoms with E-state index in [1.54, 1.807) is 0 Å². The number of hydrogen-bond donors (Lipinski definition) is 1. The standard InChI is InChI=1S/C16H24N2/c1-2-6-14(7-3-1)16-8-4-5-13-18(16)15-9-11-17-12-10-15/h1-3,6-7,15-17H,4-5,8-13H2/t16-/m1/s1. The van der Waals surface area contributed by atoms with Gasteiger partial charge in [-0.3, -0.25) is 4.90 Å². The van der Waals surface area contributed by atoms with E-state index in [4.69, 9.17) is 0 Å². The fourth-order valence-corrected chi connectivity index (χ4v) is 3.56. The molecule has 0 radical (unpaired) electrons. The lowest BCUT2D eigenvalue weighted by Gasteiger charge is -2.43. The van der Waals surface area contributed by atoms with Crippen LogP contribution in [0.5, 0.6) is 0 Å². The normalized spacial score (nSPS) is 27.2. The van der Waals surface area contributed by atoms with Crippen LogP contribution < -0.4 is 5.32 Å². The van der Waals surface area contributed by atoms with Crippen LogP contribution in [0, 0.1) is 0 Å². The van der Waals surface area contributed by atoms with Crippen LogP contribution in [0.25, 0.3) is 0 Å². The number of benzene rings is 1. The molecule has 0 unspecified atom stereocenters. The highest BCUT2D eigenvalue weighted by atomic mass is 15.2. The summed E-state index contributed by atoms with van der Waals surface area (Å²) in [6.07, 6.45) is 6.76. The molecule has 2 nitrogen and oxygen atoms in total. The maximum Gasteiger partial charge on any atom is 0.0351 e. The molecule has 0 spiro atoms. The molecule has 0 amide bonds. The summed E-state index contributed by atoms with van der Waals surface area (Å²) in [5.74, 6) is 0. The summed E-state index contributed by atoms with van der Waals surface area (Å²) in [5.41, 5.74) is 1.52. The van der Waals surface area contributed by atoms with E-state index in [0.29, 0.717) is 6.04 Å². The van der Waals surface area contributed by atoms with Gasteiger partial charge in [0.15, 0.2) is 0 Å². The molecular weight excluding hydrogens is 220 g/mol. The zero-order valence-corrected chi connectivity index (χ0v) is 11.1. The molecule has 1 aromatic rings. The van der Waals surface area contributed by atoms with Gasteiger partial charge in [0.25, 0.3) is 0 Å². The molecular formula is C16H24N2. The highest BCUT2D eigenvalue weighted by Gasteiger charge is 2.30. The third-order valence-electron chi connectivity index (χ3n) is 4.51. The first-order valence-corrected chi connectivity index (χ1v) is 7.46. The van der Waals surface area contributed by atoms with E-state index >= 15 is 0 Å². The lowest BCUT2D eigenvalue weighted by Crippen LogP contribution is -2.46. The second-order valence-electron chi connectivity index (χ2n) is 5.64. The third kappa shape index (κ3) is 2.60. The Bertz CT molecular complexity index is 357. The van der Waals surface area contributed by atoms with Gasteiger partial charge in [0, 0.05) is 12.1 Å². The second kappa shape index (κ2) is 5.85. The van der Waals surface area contributed by atoms with Crippen molar-refractivity contribution in [2.45, 2.75) is 44.2 Å². The minimum Gasteiger partial charge on any atom is -0.317 e. The maximum absolute atomic E-state index is 3.48. The SMILES string of the molecule is c1ccc([C@H]2CCCCN2C2CCNCC2)cc1. The predicted molar refractivity (Wildman–Crippen MR) is 75.6 cm³/mol. The van der Waals surface area contributed by atoms with E-state index in [2.05, 4.69) is 40.5 Å². The van der Waals surface area contributed by atoms with E-state index in [0.717, 1.165) is 6.04 Å². The van der Waals surface area contributed by atoms with E-state index in [1.165, 1.54) is 57.3 Å². The third-order valence-corrected chi connectivity index (χ3v) is 4.51. The van der Waals surface area contributed by atoms with Gasteiger partial charge >= 0.3 is 0 Å². The molecule has 2 aliphatic rings. The van der Waals surface area contributed by atoms with Gasteiger partial charge in [-0.15, -0.1) is 0 Å². The lowest BCUT2D eigenvalue weighted by atomic mass is 9.91. The number of likely N-dealkylation sites (tertiary alicyclic amines) is 1. The van der Waals surface area contributed by atoms with Gasteiger partial charge in [0.2, 0.25) is 0 Å². The number of nitrogens with one attached hydrogen (secondary N) is 1. The molecule has 1 aromatic carbocycles. The van der Waals surface area contributed by atoms with Crippen molar-refractivity contribution in [2.24, 2.45) is 0 Å². The molecule has 0 bridgehead atoms. The Labute approximate surface area is 110 Å². The topological polar surface area (TPSA) is 15.3 Å². The number of piperidine rings is 2. The smallest absolute Gasteiger partial charge is 0.0351 e. The number of hydrogen-bond acceptors (Lipinski definition) is 2. The van der Waals surface area contributed by atoms with Gasteiger partial charge in [-0.25, -0.2) is 0 Å². The van der Waals surface area contributed by atoms with Crippen LogP contribution in [0.4, 0.5) is 0 Å². The Balaban J connectivity index is 1.77. The molecule has 18 heavy (non-hydrogen) atoms. The van der Waals surface area contributed by atoms with Gasteiger partial charge in [-0.1, -0.05) is 36.8 Å². The summed E-state index contributed by atoms with van der Waals surface area (Å²) in [7, 11) is 0. The van der Waals surface area contributed by atoms with Crippen molar-refractivity contribution in [1.82, 2.24) is 10.2 Å². The fraction of sp³-hybridized carbons (Fsp3) is 0.625. The minimum atomic E-state index is 0.669. The lowest BCUT2D eigenvalue weighted by molar-refractivity contribution is 0.0760. The van der Waals surface area contributed by atoms with Gasteiger partial charge in [-0.2, -0.15) is 0 Å². The van der Waals surface area contributed by atoms with Crippen molar-refractivity contribution in [2.75, 3.05) is 19.6 Å². The summed E-state index contributed by atoms with van der Waals surface area (Å²) < 4.78 is 0. The van der Waals surface area contributed by atoms with Crippen LogP contribution in [0.3, 0.4) is 0 Å². The van der Waals surface area contributed by atoms with Crippen molar-refractivity contribution in [3.63, 3.8) is 0 Å². The summed E-state index contributed by atoms with van der Waals surface area (Å²) in [4.78, 5) is 2.79. The molecule has 2 heteroatoms. The highest BCUT2D eigenvalue weighted by Crippen LogP contribution is 2.34. The van der Waals surface area contributed by atoms with Crippen LogP contribution in [-0.4, -0.2) is 30.6 Å². The largest absolute Gasteiger partial charge is 0.317 e. The summed E-state index contributed by atoms with van der Waals surface area (Å²) in [6, 6.07) is 12.6. The fourth-order valence-electron chi connectivity index (χ4n) is 3.56. The molecule has 2 saturated heterocycles. The Morgan fingerprint density at radius 2 is 1.72 bits per heavy atom. The van der Waals surface area contributed by atoms with Crippen molar-refractivity contribution < 1.29 is 0 Å². The van der Waals surface area contributed by atoms with Crippen molar-refractivity contribution in [3.05, 3.63) is 35.9 Å². The predicted octanol–water partition coefficient (Wildman–Crippen LogP) is 2.97. The Hall–Kier alpha value is -0.860. The molecule has 1 atom stereocenters. The molecule has 0 aliphatic carbocycles. The molecule has 1 N–H and O–H groups in total. The zero-order valence-electron chi connectivity index (χ0n) is 11.1. The second-order valence-corrected chi connectivity index (χ2v) is 5.64. The van der Waals surface area contributed by atoms with E-state index in [-0.39, 0.29) is 0 Å². The average molecular weight is 244 g/mol. The first kappa shape index (κ1) is 12.2. The molecule has 2 fully saturated rings. The average Bonchev–Trinajstić information content (AvgIpc) is 2.49. The van der Waals surface area contributed by atoms with E-state index in [9.17, 15) is 0 Å². The maximum atomic E-state index is 3.48. The highest BCUT2D eigenvalue weighted by molar-refractivity contribution is 5.19. The van der Waals surface area contributed by atoms with Gasteiger partial charge in [0.05, 0.1) is 0 Å². The van der Waals surface area contributed by atoms with Gasteiger partial charge in [-0.05, 0) is 50.9 Å². The Morgan fingerprint density at radius 1 is 0.944 bits per heavy atom. The van der Waals surface area contributed by atoms with Crippen LogP contribution >= 0.6 is 0 Å². The Kier molecular flexibility index (Phi) is 3.96. The van der Waals surface area contributed by atoms with E-state index in [1.807, 2.05) is 0 Å². The first-order chi connectivity index (χ1) is 8.95. The van der Waals surface area contributed by atoms with Crippen LogP contribution in [0.2, 0.25) is 0 Å². The molecule has 3 rings (SSSR count). The summed E-state index contributed by atoms with van der Waals surface area (Å²) in [5, 5.41) is 3.48. The van der Waals surface area contributed by atoms with Crippen molar-refractivity contribution >= 4 is 0 Å². The van der Waals surface area contributed by atoms with E-state index < -0.39 is 0 Å². The number of rotatable bonds is 2. The van der Waals surface area contributed by atoms with Crippen LogP contribution in [0.15, 0.2) is 30.3 Å². The van der Waals surface area contributed by atoms with Crippen molar-refractivity contribution in [3.8, 4) is 0 Å². The number of nitrogens with zero attached hydrogens (tertiary/aromatic N) is 1. The Morgan fingerprint density at radius 3 is 2.50 bits per heavy atom. The molecule has 0 aromatic heterocycles. The summed E-state index contributed by atoms with van der Waals surface area (Å²) >= 11 is 0. The van der Waals surface area contributed by atoms with Gasteiger partial charge < -0.3 is 5.32 Å². The minimum absolute atomic E-state index is 0.669. The monoisotopic (exact) mass is 244 g/mol. The quantitative estimate of drug-likeness (QED) is 0.860. The first-order valence-electron chi connectivity index (χ1n) is 7.46. The zero-order chi connectivity index (χ0) is 12.2. The van der Waals surface area contributed by atoms with Crippen molar-refractivity contribution in [1.29, 1.82) is 0 Å². The van der Waals surface area contributed by atoms with Crippen LogP contribution in [-0.2, 0) is 0 Å². The molecule has 0 saturated carbocycles. The molecule has 2 aliphatic heterocycles.